The molecule has 0 aromatic heterocycles. The Morgan fingerprint density at radius 3 is 2.35 bits per heavy atom. The largest absolute Gasteiger partial charge is 0.497 e. The van der Waals surface area contributed by atoms with E-state index in [0.29, 0.717) is 16.5 Å². The molecular weight excluding hydrogens is 352 g/mol. The Labute approximate surface area is 159 Å². The summed E-state index contributed by atoms with van der Waals surface area (Å²) in [6.45, 7) is 3.92. The minimum Gasteiger partial charge on any atom is -0.497 e. The van der Waals surface area contributed by atoms with Crippen LogP contribution in [0.15, 0.2) is 42.5 Å². The number of rotatable bonds is 7. The van der Waals surface area contributed by atoms with Crippen molar-refractivity contribution in [1.82, 2.24) is 10.6 Å². The van der Waals surface area contributed by atoms with Crippen molar-refractivity contribution in [1.29, 1.82) is 0 Å². The van der Waals surface area contributed by atoms with E-state index >= 15 is 0 Å². The van der Waals surface area contributed by atoms with Gasteiger partial charge in [0, 0.05) is 10.6 Å². The summed E-state index contributed by atoms with van der Waals surface area (Å²) in [4.78, 5) is 12.5. The van der Waals surface area contributed by atoms with Crippen LogP contribution in [0.2, 0.25) is 5.02 Å². The summed E-state index contributed by atoms with van der Waals surface area (Å²) < 4.78 is 10.7. The van der Waals surface area contributed by atoms with Gasteiger partial charge < -0.3 is 20.1 Å². The highest BCUT2D eigenvalue weighted by atomic mass is 35.5. The van der Waals surface area contributed by atoms with Crippen LogP contribution >= 0.6 is 11.6 Å². The fraction of sp³-hybridized carbons (Fsp3) is 0.350. The first-order valence-corrected chi connectivity index (χ1v) is 8.90. The van der Waals surface area contributed by atoms with Crippen LogP contribution in [0.4, 0.5) is 4.79 Å². The number of methoxy groups -OCH3 is 2. The van der Waals surface area contributed by atoms with Gasteiger partial charge >= 0.3 is 6.03 Å². The average Bonchev–Trinajstić information content (AvgIpc) is 2.66. The van der Waals surface area contributed by atoms with Gasteiger partial charge in [0.1, 0.15) is 11.5 Å². The summed E-state index contributed by atoms with van der Waals surface area (Å²) in [7, 11) is 3.21. The van der Waals surface area contributed by atoms with Crippen molar-refractivity contribution in [3.05, 3.63) is 58.6 Å². The van der Waals surface area contributed by atoms with Gasteiger partial charge in [0.05, 0.1) is 26.3 Å². The van der Waals surface area contributed by atoms with Crippen molar-refractivity contribution >= 4 is 17.6 Å². The molecule has 0 bridgehead atoms. The van der Waals surface area contributed by atoms with Crippen LogP contribution in [0.3, 0.4) is 0 Å². The van der Waals surface area contributed by atoms with E-state index in [2.05, 4.69) is 10.6 Å². The van der Waals surface area contributed by atoms with Crippen molar-refractivity contribution in [2.45, 2.75) is 32.4 Å². The summed E-state index contributed by atoms with van der Waals surface area (Å²) in [5, 5.41) is 6.63. The van der Waals surface area contributed by atoms with Gasteiger partial charge in [-0.25, -0.2) is 4.79 Å². The van der Waals surface area contributed by atoms with Crippen molar-refractivity contribution in [3.8, 4) is 11.5 Å². The molecule has 0 radical (unpaired) electrons. The second kappa shape index (κ2) is 9.34. The SMILES string of the molecule is CCC(NC(=O)NC(C)c1cc(OC)ccc1OC)c1ccc(Cl)cc1. The molecule has 0 aliphatic carbocycles. The Hall–Kier alpha value is -2.40. The molecule has 0 aliphatic rings. The highest BCUT2D eigenvalue weighted by molar-refractivity contribution is 6.30. The summed E-state index contributed by atoms with van der Waals surface area (Å²) in [6.07, 6.45) is 0.770. The minimum absolute atomic E-state index is 0.0910. The molecule has 2 N–H and O–H groups in total. The highest BCUT2D eigenvalue weighted by Crippen LogP contribution is 2.29. The standard InChI is InChI=1S/C20H25ClN2O3/c1-5-18(14-6-8-15(21)9-7-14)23-20(24)22-13(2)17-12-16(25-3)10-11-19(17)26-4/h6-13,18H,5H2,1-4H3,(H2,22,23,24). The van der Waals surface area contributed by atoms with E-state index < -0.39 is 0 Å². The minimum atomic E-state index is -0.247. The molecule has 2 atom stereocenters. The van der Waals surface area contributed by atoms with E-state index in [4.69, 9.17) is 21.1 Å². The molecule has 6 heteroatoms. The van der Waals surface area contributed by atoms with Gasteiger partial charge in [0.25, 0.3) is 0 Å². The van der Waals surface area contributed by atoms with E-state index in [1.807, 2.05) is 56.3 Å². The highest BCUT2D eigenvalue weighted by Gasteiger charge is 2.18. The first-order chi connectivity index (χ1) is 12.5. The van der Waals surface area contributed by atoms with Gasteiger partial charge in [0.2, 0.25) is 0 Å². The number of urea groups is 1. The molecule has 2 aromatic carbocycles. The first kappa shape index (κ1) is 19.9. The fourth-order valence-electron chi connectivity index (χ4n) is 2.77. The maximum absolute atomic E-state index is 12.5. The van der Waals surface area contributed by atoms with Gasteiger partial charge in [-0.2, -0.15) is 0 Å². The third-order valence-electron chi connectivity index (χ3n) is 4.24. The molecule has 0 fully saturated rings. The number of carbonyl (C=O) groups excluding carboxylic acids is 1. The predicted molar refractivity (Wildman–Crippen MR) is 104 cm³/mol. The van der Waals surface area contributed by atoms with E-state index in [1.165, 1.54) is 0 Å². The first-order valence-electron chi connectivity index (χ1n) is 8.52. The maximum Gasteiger partial charge on any atom is 0.315 e. The molecule has 5 nitrogen and oxygen atoms in total. The average molecular weight is 377 g/mol. The van der Waals surface area contributed by atoms with Crippen LogP contribution < -0.4 is 20.1 Å². The zero-order chi connectivity index (χ0) is 19.1. The molecular formula is C20H25ClN2O3. The van der Waals surface area contributed by atoms with Crippen molar-refractivity contribution in [3.63, 3.8) is 0 Å². The van der Waals surface area contributed by atoms with E-state index in [0.717, 1.165) is 17.5 Å². The van der Waals surface area contributed by atoms with Crippen LogP contribution in [0.1, 0.15) is 43.5 Å². The topological polar surface area (TPSA) is 59.6 Å². The monoisotopic (exact) mass is 376 g/mol. The number of nitrogens with one attached hydrogen (secondary N) is 2. The Morgan fingerprint density at radius 1 is 1.08 bits per heavy atom. The Balaban J connectivity index is 2.07. The lowest BCUT2D eigenvalue weighted by Crippen LogP contribution is -2.39. The number of benzene rings is 2. The van der Waals surface area contributed by atoms with Gasteiger partial charge in [-0.1, -0.05) is 30.7 Å². The number of hydrogen-bond acceptors (Lipinski definition) is 3. The third-order valence-corrected chi connectivity index (χ3v) is 4.49. The molecule has 2 amide bonds. The summed E-state index contributed by atoms with van der Waals surface area (Å²) in [5.41, 5.74) is 1.86. The molecule has 0 aliphatic heterocycles. The summed E-state index contributed by atoms with van der Waals surface area (Å²) in [6, 6.07) is 12.4. The summed E-state index contributed by atoms with van der Waals surface area (Å²) >= 11 is 5.93. The lowest BCUT2D eigenvalue weighted by Gasteiger charge is -2.22. The lowest BCUT2D eigenvalue weighted by molar-refractivity contribution is 0.233. The quantitative estimate of drug-likeness (QED) is 0.724. The number of hydrogen-bond donors (Lipinski definition) is 2. The summed E-state index contributed by atoms with van der Waals surface area (Å²) in [5.74, 6) is 1.41. The van der Waals surface area contributed by atoms with Crippen LogP contribution in [0.25, 0.3) is 0 Å². The molecule has 2 aromatic rings. The molecule has 2 rings (SSSR count). The maximum atomic E-state index is 12.5. The Bertz CT molecular complexity index is 734. The predicted octanol–water partition coefficient (Wildman–Crippen LogP) is 4.87. The van der Waals surface area contributed by atoms with Crippen LogP contribution in [-0.4, -0.2) is 20.3 Å². The second-order valence-electron chi connectivity index (χ2n) is 5.96. The molecule has 0 saturated carbocycles. The Morgan fingerprint density at radius 2 is 1.77 bits per heavy atom. The van der Waals surface area contributed by atoms with E-state index in [1.54, 1.807) is 14.2 Å². The van der Waals surface area contributed by atoms with Crippen LogP contribution in [0, 0.1) is 0 Å². The number of halogens is 1. The van der Waals surface area contributed by atoms with E-state index in [-0.39, 0.29) is 18.1 Å². The second-order valence-corrected chi connectivity index (χ2v) is 6.40. The van der Waals surface area contributed by atoms with Gasteiger partial charge in [-0.15, -0.1) is 0 Å². The van der Waals surface area contributed by atoms with Crippen molar-refractivity contribution in [2.24, 2.45) is 0 Å². The molecule has 26 heavy (non-hydrogen) atoms. The zero-order valence-corrected chi connectivity index (χ0v) is 16.3. The lowest BCUT2D eigenvalue weighted by atomic mass is 10.0. The molecule has 0 heterocycles. The normalized spacial score (nSPS) is 12.8. The molecule has 0 spiro atoms. The van der Waals surface area contributed by atoms with E-state index in [9.17, 15) is 4.79 Å². The number of ether oxygens (including phenoxy) is 2. The van der Waals surface area contributed by atoms with Crippen LogP contribution in [-0.2, 0) is 0 Å². The van der Waals surface area contributed by atoms with Crippen molar-refractivity contribution in [2.75, 3.05) is 14.2 Å². The van der Waals surface area contributed by atoms with Gasteiger partial charge in [-0.3, -0.25) is 0 Å². The molecule has 140 valence electrons. The number of carbonyl (C=O) groups is 1. The Kier molecular flexibility index (Phi) is 7.16. The van der Waals surface area contributed by atoms with Gasteiger partial charge in [0.15, 0.2) is 0 Å². The molecule has 2 unspecified atom stereocenters. The molecule has 0 saturated heterocycles. The van der Waals surface area contributed by atoms with Crippen LogP contribution in [0.5, 0.6) is 11.5 Å². The number of amides is 2. The van der Waals surface area contributed by atoms with Gasteiger partial charge in [-0.05, 0) is 49.2 Å². The fourth-order valence-corrected chi connectivity index (χ4v) is 2.89. The third kappa shape index (κ3) is 5.05. The zero-order valence-electron chi connectivity index (χ0n) is 15.5. The van der Waals surface area contributed by atoms with Crippen molar-refractivity contribution < 1.29 is 14.3 Å². The smallest absolute Gasteiger partial charge is 0.315 e.